The van der Waals surface area contributed by atoms with Gasteiger partial charge in [-0.3, -0.25) is 4.90 Å². The number of nitrogens with zero attached hydrogens (tertiary/aromatic N) is 6. The molecule has 4 aliphatic heterocycles. The summed E-state index contributed by atoms with van der Waals surface area (Å²) in [5, 5.41) is 19.7. The van der Waals surface area contributed by atoms with Gasteiger partial charge < -0.3 is 24.8 Å². The Morgan fingerprint density at radius 2 is 2.07 bits per heavy atom. The fraction of sp³-hybridized carbons (Fsp3) is 0.625. The van der Waals surface area contributed by atoms with E-state index in [0.29, 0.717) is 69.2 Å². The highest BCUT2D eigenvalue weighted by molar-refractivity contribution is 5.63. The summed E-state index contributed by atoms with van der Waals surface area (Å²) in [6.45, 7) is 3.66. The Hall–Kier alpha value is -3.51. The molecule has 3 fully saturated rings. The second-order valence-corrected chi connectivity index (χ2v) is 12.7. The van der Waals surface area contributed by atoms with Crippen molar-refractivity contribution in [2.24, 2.45) is 0 Å². The number of aromatic nitrogens is 2. The molecule has 1 aliphatic carbocycles. The van der Waals surface area contributed by atoms with Gasteiger partial charge in [-0.05, 0) is 56.7 Å². The number of ether oxygens (including phenoxy) is 3. The Bertz CT molecular complexity index is 1490. The Morgan fingerprint density at radius 1 is 1.16 bits per heavy atom. The zero-order valence-corrected chi connectivity index (χ0v) is 24.5. The monoisotopic (exact) mass is 587 g/mol. The van der Waals surface area contributed by atoms with Gasteiger partial charge in [0.1, 0.15) is 30.3 Å². The van der Waals surface area contributed by atoms with Crippen molar-refractivity contribution in [1.29, 1.82) is 10.5 Å². The molecular weight excluding hydrogens is 549 g/mol. The zero-order valence-electron chi connectivity index (χ0n) is 24.5. The van der Waals surface area contributed by atoms with Gasteiger partial charge >= 0.3 is 6.01 Å². The van der Waals surface area contributed by atoms with E-state index >= 15 is 0 Å². The summed E-state index contributed by atoms with van der Waals surface area (Å²) >= 11 is 0. The number of hydrogen-bond acceptors (Lipinski definition) is 10. The van der Waals surface area contributed by atoms with Gasteiger partial charge in [0.05, 0.1) is 48.5 Å². The summed E-state index contributed by atoms with van der Waals surface area (Å²) in [6, 6.07) is 8.59. The maximum Gasteiger partial charge on any atom is 0.318 e. The number of rotatable bonds is 5. The van der Waals surface area contributed by atoms with Crippen LogP contribution in [0.25, 0.3) is 0 Å². The molecule has 4 atom stereocenters. The molecule has 0 radical (unpaired) electrons. The average Bonchev–Trinajstić information content (AvgIpc) is 3.42. The maximum atomic E-state index is 14.5. The predicted molar refractivity (Wildman–Crippen MR) is 156 cm³/mol. The quantitative estimate of drug-likeness (QED) is 0.516. The van der Waals surface area contributed by atoms with E-state index in [1.807, 2.05) is 12.1 Å². The molecule has 11 heteroatoms. The summed E-state index contributed by atoms with van der Waals surface area (Å²) in [6.07, 6.45) is 5.63. The van der Waals surface area contributed by atoms with Crippen LogP contribution in [0, 0.1) is 22.7 Å². The molecule has 43 heavy (non-hydrogen) atoms. The Balaban J connectivity index is 1.30. The van der Waals surface area contributed by atoms with Crippen molar-refractivity contribution in [2.45, 2.75) is 87.7 Å². The normalized spacial score (nSPS) is 30.2. The minimum atomic E-state index is -0.849. The van der Waals surface area contributed by atoms with Crippen molar-refractivity contribution in [3.8, 4) is 18.1 Å². The van der Waals surface area contributed by atoms with Crippen LogP contribution in [0.4, 0.5) is 15.9 Å². The van der Waals surface area contributed by atoms with Crippen molar-refractivity contribution in [2.75, 3.05) is 50.1 Å². The van der Waals surface area contributed by atoms with Gasteiger partial charge in [-0.1, -0.05) is 6.07 Å². The molecule has 2 N–H and O–H groups in total. The van der Waals surface area contributed by atoms with Gasteiger partial charge in [0.25, 0.3) is 0 Å². The smallest absolute Gasteiger partial charge is 0.318 e. The molecule has 5 aliphatic rings. The second-order valence-electron chi connectivity index (χ2n) is 12.7. The largest absolute Gasteiger partial charge is 0.461 e. The van der Waals surface area contributed by atoms with Gasteiger partial charge in [-0.25, -0.2) is 4.39 Å². The van der Waals surface area contributed by atoms with Crippen LogP contribution in [0.1, 0.15) is 72.9 Å². The molecule has 7 rings (SSSR count). The van der Waals surface area contributed by atoms with Crippen LogP contribution >= 0.6 is 0 Å². The van der Waals surface area contributed by atoms with Gasteiger partial charge in [-0.15, -0.1) is 0 Å². The van der Waals surface area contributed by atoms with E-state index in [4.69, 9.17) is 29.9 Å². The fourth-order valence-electron chi connectivity index (χ4n) is 8.17. The van der Waals surface area contributed by atoms with Crippen molar-refractivity contribution in [3.05, 3.63) is 40.1 Å². The van der Waals surface area contributed by atoms with Crippen LogP contribution in [0.2, 0.25) is 0 Å². The summed E-state index contributed by atoms with van der Waals surface area (Å²) in [4.78, 5) is 14.3. The van der Waals surface area contributed by atoms with E-state index in [1.165, 1.54) is 0 Å². The van der Waals surface area contributed by atoms with Crippen molar-refractivity contribution in [3.63, 3.8) is 0 Å². The first-order valence-corrected chi connectivity index (χ1v) is 15.5. The number of anilines is 2. The molecule has 1 spiro atoms. The highest BCUT2D eigenvalue weighted by Crippen LogP contribution is 2.48. The molecule has 2 aromatic rings. The molecule has 0 unspecified atom stereocenters. The summed E-state index contributed by atoms with van der Waals surface area (Å²) in [5.74, 6) is 0.709. The number of hydrogen-bond donors (Lipinski definition) is 1. The molecular formula is C32H38FN7O3. The number of nitrogen functional groups attached to an aromatic ring is 1. The summed E-state index contributed by atoms with van der Waals surface area (Å²) in [7, 11) is 0. The third kappa shape index (κ3) is 4.88. The average molecular weight is 588 g/mol. The van der Waals surface area contributed by atoms with Gasteiger partial charge in [-0.2, -0.15) is 20.5 Å². The molecule has 1 aromatic heterocycles. The van der Waals surface area contributed by atoms with E-state index in [0.717, 1.165) is 67.5 Å². The lowest BCUT2D eigenvalue weighted by Crippen LogP contribution is -2.44. The second kappa shape index (κ2) is 11.2. The number of aryl methyl sites for hydroxylation is 1. The Labute approximate surface area is 251 Å². The topological polar surface area (TPSA) is 134 Å². The first-order chi connectivity index (χ1) is 20.9. The van der Waals surface area contributed by atoms with Gasteiger partial charge in [0.15, 0.2) is 0 Å². The highest BCUT2D eigenvalue weighted by atomic mass is 19.1. The molecule has 1 aromatic carbocycles. The van der Waals surface area contributed by atoms with Crippen LogP contribution in [0.5, 0.6) is 6.01 Å². The first-order valence-electron chi connectivity index (χ1n) is 15.5. The minimum absolute atomic E-state index is 0.165. The number of nitrogens with two attached hydrogens (primary N) is 1. The van der Waals surface area contributed by atoms with Crippen LogP contribution < -0.4 is 15.4 Å². The number of nitriles is 2. The van der Waals surface area contributed by atoms with E-state index in [-0.39, 0.29) is 24.2 Å². The third-order valence-electron chi connectivity index (χ3n) is 10.2. The lowest BCUT2D eigenvalue weighted by Gasteiger charge is -2.43. The van der Waals surface area contributed by atoms with Crippen LogP contribution in [0.15, 0.2) is 12.1 Å². The van der Waals surface area contributed by atoms with E-state index in [2.05, 4.69) is 21.9 Å². The summed E-state index contributed by atoms with van der Waals surface area (Å²) < 4.78 is 33.5. The number of benzene rings is 1. The molecule has 226 valence electrons. The standard InChI is InChI=1S/C32H38FN7O3/c33-22-14-31(8-2-11-39(31)17-22)20-42-30-37-27-15-32(9-1-4-21-5-6-26(36)24(16-35)28(21)32)43-19-25(27)29(38-30)40-12-3-13-41-18-23(40)7-10-34/h5-6,22-23H,1-4,7-9,11-15,17-20,36H2/t22-,23+,31+,32+/m1/s1. The lowest BCUT2D eigenvalue weighted by molar-refractivity contribution is -0.0857. The van der Waals surface area contributed by atoms with Crippen molar-refractivity contribution >= 4 is 11.5 Å². The fourth-order valence-corrected chi connectivity index (χ4v) is 8.17. The molecule has 3 saturated heterocycles. The molecule has 0 bridgehead atoms. The highest BCUT2D eigenvalue weighted by Gasteiger charge is 2.50. The molecule has 0 saturated carbocycles. The van der Waals surface area contributed by atoms with Gasteiger partial charge in [0, 0.05) is 49.4 Å². The molecule has 5 heterocycles. The lowest BCUT2D eigenvalue weighted by atomic mass is 9.72. The first kappa shape index (κ1) is 28.3. The third-order valence-corrected chi connectivity index (χ3v) is 10.2. The summed E-state index contributed by atoms with van der Waals surface area (Å²) in [5.41, 5.74) is 9.83. The Kier molecular flexibility index (Phi) is 7.37. The maximum absolute atomic E-state index is 14.5. The molecule has 10 nitrogen and oxygen atoms in total. The molecule has 0 amide bonds. The Morgan fingerprint density at radius 3 is 2.93 bits per heavy atom. The number of alkyl halides is 1. The van der Waals surface area contributed by atoms with E-state index in [9.17, 15) is 14.9 Å². The van der Waals surface area contributed by atoms with Crippen molar-refractivity contribution in [1.82, 2.24) is 14.9 Å². The van der Waals surface area contributed by atoms with Crippen LogP contribution in [-0.2, 0) is 34.5 Å². The zero-order chi connectivity index (χ0) is 29.6. The van der Waals surface area contributed by atoms with Crippen LogP contribution in [-0.4, -0.2) is 72.1 Å². The number of halogens is 1. The predicted octanol–water partition coefficient (Wildman–Crippen LogP) is 3.70. The minimum Gasteiger partial charge on any atom is -0.461 e. The van der Waals surface area contributed by atoms with Crippen LogP contribution in [0.3, 0.4) is 0 Å². The SMILES string of the molecule is N#CC[C@H]1COCCCN1c1nc(OC[C@@]23CCCN2C[C@H](F)C3)nc2c1CO[C@@]1(CCCc3ccc(N)c(C#N)c31)C2. The number of fused-ring (bicyclic) bond motifs is 4. The van der Waals surface area contributed by atoms with Crippen molar-refractivity contribution < 1.29 is 18.6 Å². The van der Waals surface area contributed by atoms with Gasteiger partial charge in [0.2, 0.25) is 0 Å². The van der Waals surface area contributed by atoms with E-state index < -0.39 is 11.8 Å². The van der Waals surface area contributed by atoms with E-state index in [1.54, 1.807) is 0 Å².